The third-order valence-corrected chi connectivity index (χ3v) is 2.45. The van der Waals surface area contributed by atoms with Crippen molar-refractivity contribution in [3.05, 3.63) is 23.8 Å². The van der Waals surface area contributed by atoms with E-state index in [-0.39, 0.29) is 18.9 Å². The van der Waals surface area contributed by atoms with E-state index in [2.05, 4.69) is 5.32 Å². The molecule has 0 heterocycles. The van der Waals surface area contributed by atoms with Gasteiger partial charge in [-0.15, -0.1) is 0 Å². The maximum absolute atomic E-state index is 9.61. The average Bonchev–Trinajstić information content (AvgIpc) is 2.31. The van der Waals surface area contributed by atoms with Crippen LogP contribution in [-0.2, 0) is 6.54 Å². The van der Waals surface area contributed by atoms with E-state index in [0.29, 0.717) is 17.9 Å². The predicted molar refractivity (Wildman–Crippen MR) is 64.1 cm³/mol. The van der Waals surface area contributed by atoms with Gasteiger partial charge in [0.2, 0.25) is 0 Å². The number of aliphatic hydroxyl groups is 2. The molecule has 0 aliphatic carbocycles. The second kappa shape index (κ2) is 5.86. The van der Waals surface area contributed by atoms with E-state index in [1.807, 2.05) is 0 Å². The molecule has 17 heavy (non-hydrogen) atoms. The van der Waals surface area contributed by atoms with E-state index in [1.165, 1.54) is 6.92 Å². The van der Waals surface area contributed by atoms with Crippen molar-refractivity contribution in [2.75, 3.05) is 20.3 Å². The number of aliphatic hydroxyl groups excluding tert-OH is 1. The van der Waals surface area contributed by atoms with Crippen molar-refractivity contribution in [2.24, 2.45) is 0 Å². The van der Waals surface area contributed by atoms with Gasteiger partial charge in [-0.1, -0.05) is 0 Å². The Morgan fingerprint density at radius 2 is 2.12 bits per heavy atom. The molecule has 0 amide bonds. The smallest absolute Gasteiger partial charge is 0.120 e. The van der Waals surface area contributed by atoms with Crippen molar-refractivity contribution in [1.82, 2.24) is 5.32 Å². The number of nitrogens with one attached hydrogen (secondary N) is 1. The number of phenolic OH excluding ortho intramolecular Hbond substituents is 1. The first kappa shape index (κ1) is 13.8. The fourth-order valence-electron chi connectivity index (χ4n) is 1.35. The first-order valence-electron chi connectivity index (χ1n) is 5.38. The Labute approximate surface area is 101 Å². The number of methoxy groups -OCH3 is 1. The van der Waals surface area contributed by atoms with Crippen LogP contribution in [0.2, 0.25) is 0 Å². The summed E-state index contributed by atoms with van der Waals surface area (Å²) in [5.41, 5.74) is -0.479. The molecular formula is C12H19NO4. The van der Waals surface area contributed by atoms with E-state index in [9.17, 15) is 10.2 Å². The summed E-state index contributed by atoms with van der Waals surface area (Å²) in [6.45, 7) is 1.84. The monoisotopic (exact) mass is 241 g/mol. The lowest BCUT2D eigenvalue weighted by atomic mass is 10.1. The quantitative estimate of drug-likeness (QED) is 0.573. The van der Waals surface area contributed by atoms with Gasteiger partial charge in [-0.2, -0.15) is 0 Å². The highest BCUT2D eigenvalue weighted by molar-refractivity contribution is 5.39. The van der Waals surface area contributed by atoms with Crippen molar-refractivity contribution >= 4 is 0 Å². The van der Waals surface area contributed by atoms with Gasteiger partial charge in [0.1, 0.15) is 11.5 Å². The van der Waals surface area contributed by atoms with E-state index in [1.54, 1.807) is 25.3 Å². The normalized spacial score (nSPS) is 14.4. The lowest BCUT2D eigenvalue weighted by Crippen LogP contribution is -2.40. The molecule has 0 saturated heterocycles. The topological polar surface area (TPSA) is 82.0 Å². The van der Waals surface area contributed by atoms with Gasteiger partial charge >= 0.3 is 0 Å². The van der Waals surface area contributed by atoms with Crippen molar-refractivity contribution in [2.45, 2.75) is 19.1 Å². The molecular weight excluding hydrogens is 222 g/mol. The summed E-state index contributed by atoms with van der Waals surface area (Å²) in [6.07, 6.45) is 0. The van der Waals surface area contributed by atoms with Gasteiger partial charge in [-0.3, -0.25) is 0 Å². The number of ether oxygens (including phenoxy) is 1. The maximum atomic E-state index is 9.61. The Morgan fingerprint density at radius 3 is 2.71 bits per heavy atom. The van der Waals surface area contributed by atoms with E-state index in [4.69, 9.17) is 9.84 Å². The molecule has 0 saturated carbocycles. The Bertz CT molecular complexity index is 366. The molecule has 1 aromatic carbocycles. The summed E-state index contributed by atoms with van der Waals surface area (Å²) in [5.74, 6) is 0.829. The van der Waals surface area contributed by atoms with Gasteiger partial charge in [0, 0.05) is 18.7 Å². The number of hydrogen-bond acceptors (Lipinski definition) is 5. The molecule has 0 aliphatic rings. The van der Waals surface area contributed by atoms with Crippen LogP contribution in [0, 0.1) is 0 Å². The van der Waals surface area contributed by atoms with Crippen LogP contribution in [-0.4, -0.2) is 41.2 Å². The van der Waals surface area contributed by atoms with E-state index < -0.39 is 5.60 Å². The lowest BCUT2D eigenvalue weighted by molar-refractivity contribution is 0.00250. The van der Waals surface area contributed by atoms with E-state index >= 15 is 0 Å². The zero-order valence-electron chi connectivity index (χ0n) is 10.1. The maximum Gasteiger partial charge on any atom is 0.120 e. The van der Waals surface area contributed by atoms with Gasteiger partial charge in [0.25, 0.3) is 0 Å². The second-order valence-electron chi connectivity index (χ2n) is 4.25. The molecule has 1 atom stereocenters. The highest BCUT2D eigenvalue weighted by Crippen LogP contribution is 2.22. The highest BCUT2D eigenvalue weighted by atomic mass is 16.5. The van der Waals surface area contributed by atoms with Gasteiger partial charge in [-0.05, 0) is 25.1 Å². The average molecular weight is 241 g/mol. The van der Waals surface area contributed by atoms with Crippen LogP contribution < -0.4 is 10.1 Å². The summed E-state index contributed by atoms with van der Waals surface area (Å²) in [5, 5.41) is 31.0. The summed E-state index contributed by atoms with van der Waals surface area (Å²) in [7, 11) is 1.56. The molecule has 1 rings (SSSR count). The van der Waals surface area contributed by atoms with Gasteiger partial charge in [0.05, 0.1) is 19.3 Å². The molecule has 0 fully saturated rings. The molecule has 0 radical (unpaired) electrons. The number of aromatic hydroxyl groups is 1. The number of rotatable bonds is 6. The van der Waals surface area contributed by atoms with Gasteiger partial charge in [-0.25, -0.2) is 0 Å². The second-order valence-corrected chi connectivity index (χ2v) is 4.25. The SMILES string of the molecule is COc1ccc(O)c(CNCC(C)(O)CO)c1. The number of benzene rings is 1. The van der Waals surface area contributed by atoms with Crippen LogP contribution in [0.15, 0.2) is 18.2 Å². The van der Waals surface area contributed by atoms with Crippen molar-refractivity contribution in [1.29, 1.82) is 0 Å². The molecule has 0 aliphatic heterocycles. The lowest BCUT2D eigenvalue weighted by Gasteiger charge is -2.20. The van der Waals surface area contributed by atoms with E-state index in [0.717, 1.165) is 0 Å². The van der Waals surface area contributed by atoms with Crippen LogP contribution in [0.3, 0.4) is 0 Å². The van der Waals surface area contributed by atoms with Crippen LogP contribution >= 0.6 is 0 Å². The van der Waals surface area contributed by atoms with Crippen LogP contribution in [0.5, 0.6) is 11.5 Å². The molecule has 0 bridgehead atoms. The Hall–Kier alpha value is -1.30. The fourth-order valence-corrected chi connectivity index (χ4v) is 1.35. The third kappa shape index (κ3) is 4.22. The Kier molecular flexibility index (Phi) is 4.74. The summed E-state index contributed by atoms with van der Waals surface area (Å²) in [4.78, 5) is 0. The number of phenols is 1. The fraction of sp³-hybridized carbons (Fsp3) is 0.500. The van der Waals surface area contributed by atoms with Crippen molar-refractivity contribution in [3.63, 3.8) is 0 Å². The Morgan fingerprint density at radius 1 is 1.41 bits per heavy atom. The Balaban J connectivity index is 2.57. The zero-order chi connectivity index (χ0) is 12.9. The van der Waals surface area contributed by atoms with Crippen LogP contribution in [0.4, 0.5) is 0 Å². The molecule has 1 aromatic rings. The third-order valence-electron chi connectivity index (χ3n) is 2.45. The summed E-state index contributed by atoms with van der Waals surface area (Å²) < 4.78 is 5.05. The zero-order valence-corrected chi connectivity index (χ0v) is 10.1. The minimum absolute atomic E-state index is 0.168. The standard InChI is InChI=1S/C12H19NO4/c1-12(16,8-14)7-13-6-9-5-10(17-2)3-4-11(9)15/h3-5,13-16H,6-8H2,1-2H3. The van der Waals surface area contributed by atoms with Crippen LogP contribution in [0.25, 0.3) is 0 Å². The molecule has 4 N–H and O–H groups in total. The molecule has 5 heteroatoms. The van der Waals surface area contributed by atoms with Gasteiger partial charge < -0.3 is 25.4 Å². The van der Waals surface area contributed by atoms with Crippen molar-refractivity contribution < 1.29 is 20.1 Å². The summed E-state index contributed by atoms with van der Waals surface area (Å²) >= 11 is 0. The minimum atomic E-state index is -1.16. The summed E-state index contributed by atoms with van der Waals surface area (Å²) in [6, 6.07) is 4.94. The molecule has 0 aromatic heterocycles. The number of hydrogen-bond donors (Lipinski definition) is 4. The predicted octanol–water partition coefficient (Wildman–Crippen LogP) is 0.234. The minimum Gasteiger partial charge on any atom is -0.508 e. The van der Waals surface area contributed by atoms with Gasteiger partial charge in [0.15, 0.2) is 0 Å². The van der Waals surface area contributed by atoms with Crippen LogP contribution in [0.1, 0.15) is 12.5 Å². The molecule has 0 spiro atoms. The molecule has 1 unspecified atom stereocenters. The molecule has 96 valence electrons. The largest absolute Gasteiger partial charge is 0.508 e. The first-order valence-corrected chi connectivity index (χ1v) is 5.38. The van der Waals surface area contributed by atoms with Crippen molar-refractivity contribution in [3.8, 4) is 11.5 Å². The molecule has 5 nitrogen and oxygen atoms in total. The first-order chi connectivity index (χ1) is 7.98. The highest BCUT2D eigenvalue weighted by Gasteiger charge is 2.18.